The molecule has 4 nitrogen and oxygen atoms in total. The summed E-state index contributed by atoms with van der Waals surface area (Å²) in [5, 5.41) is 10.0. The van der Waals surface area contributed by atoms with Crippen LogP contribution in [0.1, 0.15) is 37.4 Å². The number of aryl methyl sites for hydroxylation is 1. The molecule has 104 valence electrons. The predicted octanol–water partition coefficient (Wildman–Crippen LogP) is 1.96. The first-order chi connectivity index (χ1) is 8.83. The van der Waals surface area contributed by atoms with E-state index in [1.54, 1.807) is 6.07 Å². The topological polar surface area (TPSA) is 66.6 Å². The minimum atomic E-state index is -0.450. The van der Waals surface area contributed by atoms with Crippen molar-refractivity contribution in [2.45, 2.75) is 33.2 Å². The molecule has 1 fully saturated rings. The monoisotopic (exact) mass is 262 g/mol. The summed E-state index contributed by atoms with van der Waals surface area (Å²) in [6.45, 7) is 7.40. The molecule has 0 saturated carbocycles. The van der Waals surface area contributed by atoms with E-state index in [4.69, 9.17) is 5.73 Å². The Balaban J connectivity index is 2.17. The first kappa shape index (κ1) is 13.9. The van der Waals surface area contributed by atoms with Gasteiger partial charge in [-0.15, -0.1) is 0 Å². The quantitative estimate of drug-likeness (QED) is 0.875. The van der Waals surface area contributed by atoms with Gasteiger partial charge < -0.3 is 10.8 Å². The molecular weight excluding hydrogens is 240 g/mol. The van der Waals surface area contributed by atoms with Gasteiger partial charge in [0.1, 0.15) is 5.75 Å². The molecule has 0 radical (unpaired) electrons. The van der Waals surface area contributed by atoms with E-state index in [9.17, 15) is 9.90 Å². The molecule has 1 aliphatic heterocycles. The lowest BCUT2D eigenvalue weighted by molar-refractivity contribution is -0.126. The maximum absolute atomic E-state index is 11.5. The van der Waals surface area contributed by atoms with Gasteiger partial charge in [-0.3, -0.25) is 9.69 Å². The normalized spacial score (nSPS) is 25.4. The average Bonchev–Trinajstić information content (AvgIpc) is 2.73. The third-order valence-electron chi connectivity index (χ3n) is 4.28. The first-order valence-electron chi connectivity index (χ1n) is 6.67. The van der Waals surface area contributed by atoms with Crippen LogP contribution in [0.4, 0.5) is 0 Å². The number of benzene rings is 1. The summed E-state index contributed by atoms with van der Waals surface area (Å²) in [4.78, 5) is 13.7. The maximum Gasteiger partial charge on any atom is 0.224 e. The number of primary amides is 1. The van der Waals surface area contributed by atoms with Gasteiger partial charge in [-0.05, 0) is 45.4 Å². The van der Waals surface area contributed by atoms with E-state index in [1.807, 2.05) is 26.0 Å². The Hall–Kier alpha value is -1.55. The second-order valence-corrected chi connectivity index (χ2v) is 5.88. The Morgan fingerprint density at radius 2 is 2.21 bits per heavy atom. The third kappa shape index (κ3) is 2.59. The van der Waals surface area contributed by atoms with Gasteiger partial charge in [0.2, 0.25) is 5.91 Å². The number of rotatable bonds is 3. The standard InChI is InChI=1S/C15H22N2O2/c1-10-4-5-12(13(18)8-10)11(2)17-7-6-15(3,9-17)14(16)19/h4-5,8,11,18H,6-7,9H2,1-3H3,(H2,16,19). The Labute approximate surface area is 114 Å². The van der Waals surface area contributed by atoms with E-state index < -0.39 is 5.41 Å². The number of hydrogen-bond donors (Lipinski definition) is 2. The molecule has 1 heterocycles. The van der Waals surface area contributed by atoms with Gasteiger partial charge in [0.05, 0.1) is 5.41 Å². The van der Waals surface area contributed by atoms with Crippen LogP contribution in [0.15, 0.2) is 18.2 Å². The van der Waals surface area contributed by atoms with Crippen LogP contribution in [0, 0.1) is 12.3 Å². The van der Waals surface area contributed by atoms with Crippen molar-refractivity contribution in [3.8, 4) is 5.75 Å². The highest BCUT2D eigenvalue weighted by atomic mass is 16.3. The summed E-state index contributed by atoms with van der Waals surface area (Å²) < 4.78 is 0. The van der Waals surface area contributed by atoms with Crippen LogP contribution in [0.3, 0.4) is 0 Å². The van der Waals surface area contributed by atoms with E-state index in [1.165, 1.54) is 0 Å². The third-order valence-corrected chi connectivity index (χ3v) is 4.28. The number of nitrogens with two attached hydrogens (primary N) is 1. The molecule has 1 aromatic carbocycles. The second kappa shape index (κ2) is 4.85. The van der Waals surface area contributed by atoms with Crippen LogP contribution < -0.4 is 5.73 Å². The number of nitrogens with zero attached hydrogens (tertiary/aromatic N) is 1. The number of phenols is 1. The summed E-state index contributed by atoms with van der Waals surface area (Å²) in [5.74, 6) is 0.0792. The van der Waals surface area contributed by atoms with Crippen molar-refractivity contribution in [2.75, 3.05) is 13.1 Å². The number of hydrogen-bond acceptors (Lipinski definition) is 3. The van der Waals surface area contributed by atoms with E-state index in [0.29, 0.717) is 12.3 Å². The zero-order chi connectivity index (χ0) is 14.2. The van der Waals surface area contributed by atoms with Gasteiger partial charge in [0.15, 0.2) is 0 Å². The fourth-order valence-corrected chi connectivity index (χ4v) is 2.73. The van der Waals surface area contributed by atoms with E-state index in [0.717, 1.165) is 24.1 Å². The zero-order valence-corrected chi connectivity index (χ0v) is 11.8. The van der Waals surface area contributed by atoms with Crippen LogP contribution in [-0.2, 0) is 4.79 Å². The fraction of sp³-hybridized carbons (Fsp3) is 0.533. The number of amides is 1. The van der Waals surface area contributed by atoms with Gasteiger partial charge in [0, 0.05) is 18.2 Å². The highest BCUT2D eigenvalue weighted by Crippen LogP contribution is 2.37. The molecule has 1 aromatic rings. The van der Waals surface area contributed by atoms with Crippen molar-refractivity contribution < 1.29 is 9.90 Å². The lowest BCUT2D eigenvalue weighted by Gasteiger charge is -2.27. The minimum Gasteiger partial charge on any atom is -0.508 e. The van der Waals surface area contributed by atoms with E-state index in [2.05, 4.69) is 11.8 Å². The van der Waals surface area contributed by atoms with Gasteiger partial charge >= 0.3 is 0 Å². The molecule has 1 saturated heterocycles. The Bertz CT molecular complexity index is 501. The molecule has 3 N–H and O–H groups in total. The molecule has 2 rings (SSSR count). The Morgan fingerprint density at radius 1 is 1.53 bits per heavy atom. The largest absolute Gasteiger partial charge is 0.508 e. The van der Waals surface area contributed by atoms with Crippen LogP contribution in [0.25, 0.3) is 0 Å². The SMILES string of the molecule is Cc1ccc(C(C)N2CCC(C)(C(N)=O)C2)c(O)c1. The number of carbonyl (C=O) groups is 1. The van der Waals surface area contributed by atoms with Crippen LogP contribution in [0.5, 0.6) is 5.75 Å². The minimum absolute atomic E-state index is 0.0850. The summed E-state index contributed by atoms with van der Waals surface area (Å²) >= 11 is 0. The molecule has 1 aliphatic rings. The Kier molecular flexibility index (Phi) is 3.54. The molecule has 0 aromatic heterocycles. The molecule has 4 heteroatoms. The smallest absolute Gasteiger partial charge is 0.224 e. The van der Waals surface area contributed by atoms with Crippen LogP contribution >= 0.6 is 0 Å². The van der Waals surface area contributed by atoms with Gasteiger partial charge in [-0.1, -0.05) is 12.1 Å². The zero-order valence-electron chi connectivity index (χ0n) is 11.8. The average molecular weight is 262 g/mol. The molecule has 2 atom stereocenters. The molecule has 0 spiro atoms. The van der Waals surface area contributed by atoms with Crippen molar-refractivity contribution in [2.24, 2.45) is 11.1 Å². The molecular formula is C15H22N2O2. The number of phenolic OH excluding ortho intramolecular Hbond substituents is 1. The summed E-state index contributed by atoms with van der Waals surface area (Å²) in [5.41, 5.74) is 6.96. The van der Waals surface area contributed by atoms with E-state index >= 15 is 0 Å². The van der Waals surface area contributed by atoms with Crippen LogP contribution in [-0.4, -0.2) is 29.0 Å². The number of carbonyl (C=O) groups excluding carboxylic acids is 1. The lowest BCUT2D eigenvalue weighted by atomic mass is 9.89. The Morgan fingerprint density at radius 3 is 2.74 bits per heavy atom. The van der Waals surface area contributed by atoms with Crippen molar-refractivity contribution in [1.29, 1.82) is 0 Å². The lowest BCUT2D eigenvalue weighted by Crippen LogP contribution is -2.37. The molecule has 1 amide bonds. The maximum atomic E-state index is 11.5. The second-order valence-electron chi connectivity index (χ2n) is 5.88. The van der Waals surface area contributed by atoms with Gasteiger partial charge in [-0.25, -0.2) is 0 Å². The highest BCUT2D eigenvalue weighted by molar-refractivity contribution is 5.81. The molecule has 19 heavy (non-hydrogen) atoms. The number of likely N-dealkylation sites (tertiary alicyclic amines) is 1. The first-order valence-corrected chi connectivity index (χ1v) is 6.67. The summed E-state index contributed by atoms with van der Waals surface area (Å²) in [7, 11) is 0. The highest BCUT2D eigenvalue weighted by Gasteiger charge is 2.40. The number of aromatic hydroxyl groups is 1. The summed E-state index contributed by atoms with van der Waals surface area (Å²) in [6.07, 6.45) is 0.777. The fourth-order valence-electron chi connectivity index (χ4n) is 2.73. The van der Waals surface area contributed by atoms with Gasteiger partial charge in [0.25, 0.3) is 0 Å². The molecule has 0 bridgehead atoms. The van der Waals surface area contributed by atoms with E-state index in [-0.39, 0.29) is 11.9 Å². The summed E-state index contributed by atoms with van der Waals surface area (Å²) in [6, 6.07) is 5.81. The van der Waals surface area contributed by atoms with Crippen molar-refractivity contribution >= 4 is 5.91 Å². The van der Waals surface area contributed by atoms with Crippen molar-refractivity contribution in [3.63, 3.8) is 0 Å². The van der Waals surface area contributed by atoms with Crippen molar-refractivity contribution in [1.82, 2.24) is 4.90 Å². The van der Waals surface area contributed by atoms with Crippen LogP contribution in [0.2, 0.25) is 0 Å². The van der Waals surface area contributed by atoms with Gasteiger partial charge in [-0.2, -0.15) is 0 Å². The molecule has 2 unspecified atom stereocenters. The predicted molar refractivity (Wildman–Crippen MR) is 74.8 cm³/mol. The van der Waals surface area contributed by atoms with Crippen molar-refractivity contribution in [3.05, 3.63) is 29.3 Å². The molecule has 0 aliphatic carbocycles.